The SMILES string of the molecule is C=CCC(C)NCC(=O)NCC#N. The number of carbonyl (C=O) groups excluding carboxylic acids is 1. The van der Waals surface area contributed by atoms with Crippen LogP contribution >= 0.6 is 0 Å². The maximum Gasteiger partial charge on any atom is 0.234 e. The van der Waals surface area contributed by atoms with Gasteiger partial charge in [-0.05, 0) is 13.3 Å². The second-order valence-electron chi connectivity index (χ2n) is 2.74. The first kappa shape index (κ1) is 11.7. The fourth-order valence-electron chi connectivity index (χ4n) is 0.801. The second kappa shape index (κ2) is 7.32. The number of amides is 1. The molecule has 0 aliphatic carbocycles. The number of hydrogen-bond acceptors (Lipinski definition) is 3. The topological polar surface area (TPSA) is 64.9 Å². The van der Waals surface area contributed by atoms with Crippen LogP contribution in [0.2, 0.25) is 0 Å². The molecule has 72 valence electrons. The molecule has 1 amide bonds. The van der Waals surface area contributed by atoms with Crippen molar-refractivity contribution in [3.63, 3.8) is 0 Å². The van der Waals surface area contributed by atoms with Crippen molar-refractivity contribution in [3.05, 3.63) is 12.7 Å². The van der Waals surface area contributed by atoms with Crippen LogP contribution in [0.3, 0.4) is 0 Å². The second-order valence-corrected chi connectivity index (χ2v) is 2.74. The third-order valence-corrected chi connectivity index (χ3v) is 1.50. The molecule has 0 heterocycles. The average molecular weight is 181 g/mol. The van der Waals surface area contributed by atoms with E-state index in [1.165, 1.54) is 0 Å². The molecule has 0 saturated heterocycles. The number of hydrogen-bond donors (Lipinski definition) is 2. The van der Waals surface area contributed by atoms with Gasteiger partial charge in [-0.25, -0.2) is 0 Å². The first-order chi connectivity index (χ1) is 6.20. The predicted molar refractivity (Wildman–Crippen MR) is 50.9 cm³/mol. The highest BCUT2D eigenvalue weighted by Crippen LogP contribution is 1.88. The van der Waals surface area contributed by atoms with E-state index in [1.54, 1.807) is 6.08 Å². The van der Waals surface area contributed by atoms with Gasteiger partial charge in [-0.2, -0.15) is 5.26 Å². The van der Waals surface area contributed by atoms with Crippen LogP contribution in [-0.4, -0.2) is 25.0 Å². The third-order valence-electron chi connectivity index (χ3n) is 1.50. The molecule has 0 bridgehead atoms. The molecule has 0 aromatic carbocycles. The van der Waals surface area contributed by atoms with Crippen LogP contribution in [0.15, 0.2) is 12.7 Å². The third kappa shape index (κ3) is 7.04. The Bertz CT molecular complexity index is 207. The number of nitriles is 1. The van der Waals surface area contributed by atoms with Crippen molar-refractivity contribution < 1.29 is 4.79 Å². The maximum absolute atomic E-state index is 11.0. The van der Waals surface area contributed by atoms with E-state index in [-0.39, 0.29) is 25.0 Å². The van der Waals surface area contributed by atoms with Gasteiger partial charge in [0.05, 0.1) is 12.6 Å². The van der Waals surface area contributed by atoms with Gasteiger partial charge in [0.15, 0.2) is 0 Å². The van der Waals surface area contributed by atoms with Gasteiger partial charge in [0, 0.05) is 6.04 Å². The summed E-state index contributed by atoms with van der Waals surface area (Å²) in [6.07, 6.45) is 2.62. The van der Waals surface area contributed by atoms with Gasteiger partial charge in [-0.3, -0.25) is 4.79 Å². The molecule has 0 aliphatic rings. The average Bonchev–Trinajstić information content (AvgIpc) is 2.12. The van der Waals surface area contributed by atoms with E-state index in [0.717, 1.165) is 6.42 Å². The zero-order valence-corrected chi connectivity index (χ0v) is 7.84. The summed E-state index contributed by atoms with van der Waals surface area (Å²) in [7, 11) is 0. The van der Waals surface area contributed by atoms with Gasteiger partial charge < -0.3 is 10.6 Å². The molecule has 4 nitrogen and oxygen atoms in total. The van der Waals surface area contributed by atoms with Crippen LogP contribution in [-0.2, 0) is 4.79 Å². The zero-order chi connectivity index (χ0) is 10.1. The summed E-state index contributed by atoms with van der Waals surface area (Å²) in [5.74, 6) is -0.155. The van der Waals surface area contributed by atoms with Crippen LogP contribution in [0, 0.1) is 11.3 Å². The van der Waals surface area contributed by atoms with Crippen LogP contribution in [0.5, 0.6) is 0 Å². The van der Waals surface area contributed by atoms with Crippen LogP contribution < -0.4 is 10.6 Å². The zero-order valence-electron chi connectivity index (χ0n) is 7.84. The number of nitrogens with zero attached hydrogens (tertiary/aromatic N) is 1. The number of rotatable bonds is 6. The molecule has 0 saturated carbocycles. The minimum Gasteiger partial charge on any atom is -0.342 e. The largest absolute Gasteiger partial charge is 0.342 e. The van der Waals surface area contributed by atoms with E-state index in [9.17, 15) is 4.79 Å². The molecule has 0 aromatic rings. The first-order valence-corrected chi connectivity index (χ1v) is 4.18. The van der Waals surface area contributed by atoms with Gasteiger partial charge >= 0.3 is 0 Å². The lowest BCUT2D eigenvalue weighted by Crippen LogP contribution is -2.37. The highest BCUT2D eigenvalue weighted by Gasteiger charge is 2.02. The minimum absolute atomic E-state index is 0.0658. The van der Waals surface area contributed by atoms with Crippen LogP contribution in [0.4, 0.5) is 0 Å². The molecule has 0 rings (SSSR count). The fraction of sp³-hybridized carbons (Fsp3) is 0.556. The Morgan fingerprint density at radius 2 is 2.46 bits per heavy atom. The van der Waals surface area contributed by atoms with E-state index in [1.807, 2.05) is 13.0 Å². The van der Waals surface area contributed by atoms with Gasteiger partial charge in [0.1, 0.15) is 6.54 Å². The molecular formula is C9H15N3O. The maximum atomic E-state index is 11.0. The fourth-order valence-corrected chi connectivity index (χ4v) is 0.801. The number of carbonyl (C=O) groups is 1. The van der Waals surface area contributed by atoms with E-state index < -0.39 is 0 Å². The van der Waals surface area contributed by atoms with Crippen LogP contribution in [0.1, 0.15) is 13.3 Å². The molecule has 0 aromatic heterocycles. The molecular weight excluding hydrogens is 166 g/mol. The Kier molecular flexibility index (Phi) is 6.56. The van der Waals surface area contributed by atoms with Gasteiger partial charge in [-0.1, -0.05) is 6.08 Å². The van der Waals surface area contributed by atoms with E-state index >= 15 is 0 Å². The molecule has 0 aliphatic heterocycles. The van der Waals surface area contributed by atoms with Crippen molar-refractivity contribution in [2.75, 3.05) is 13.1 Å². The summed E-state index contributed by atoms with van der Waals surface area (Å²) in [6, 6.07) is 2.08. The van der Waals surface area contributed by atoms with Crippen LogP contribution in [0.25, 0.3) is 0 Å². The Labute approximate surface area is 78.6 Å². The normalized spacial score (nSPS) is 11.4. The highest BCUT2D eigenvalue weighted by atomic mass is 16.1. The summed E-state index contributed by atoms with van der Waals surface area (Å²) < 4.78 is 0. The monoisotopic (exact) mass is 181 g/mol. The summed E-state index contributed by atoms with van der Waals surface area (Å²) in [5.41, 5.74) is 0. The van der Waals surface area contributed by atoms with Gasteiger partial charge in [0.25, 0.3) is 0 Å². The molecule has 2 N–H and O–H groups in total. The Morgan fingerprint density at radius 3 is 3.00 bits per heavy atom. The number of nitrogens with one attached hydrogen (secondary N) is 2. The predicted octanol–water partition coefficient (Wildman–Crippen LogP) is 0.180. The van der Waals surface area contributed by atoms with Crippen molar-refractivity contribution in [2.24, 2.45) is 0 Å². The summed E-state index contributed by atoms with van der Waals surface area (Å²) in [5, 5.41) is 13.6. The van der Waals surface area contributed by atoms with E-state index in [2.05, 4.69) is 17.2 Å². The van der Waals surface area contributed by atoms with Crippen molar-refractivity contribution in [2.45, 2.75) is 19.4 Å². The Hall–Kier alpha value is -1.34. The lowest BCUT2D eigenvalue weighted by molar-refractivity contribution is -0.120. The van der Waals surface area contributed by atoms with Crippen molar-refractivity contribution in [3.8, 4) is 6.07 Å². The molecule has 0 spiro atoms. The quantitative estimate of drug-likeness (QED) is 0.454. The smallest absolute Gasteiger partial charge is 0.234 e. The lowest BCUT2D eigenvalue weighted by atomic mass is 10.2. The highest BCUT2D eigenvalue weighted by molar-refractivity contribution is 5.78. The standard InChI is InChI=1S/C9H15N3O/c1-3-4-8(2)12-7-9(13)11-6-5-10/h3,8,12H,1,4,6-7H2,2H3,(H,11,13). The molecule has 1 unspecified atom stereocenters. The van der Waals surface area contributed by atoms with Crippen molar-refractivity contribution >= 4 is 5.91 Å². The Morgan fingerprint density at radius 1 is 1.77 bits per heavy atom. The van der Waals surface area contributed by atoms with Crippen molar-refractivity contribution in [1.82, 2.24) is 10.6 Å². The van der Waals surface area contributed by atoms with Crippen molar-refractivity contribution in [1.29, 1.82) is 5.26 Å². The molecule has 13 heavy (non-hydrogen) atoms. The lowest BCUT2D eigenvalue weighted by Gasteiger charge is -2.10. The summed E-state index contributed by atoms with van der Waals surface area (Å²) >= 11 is 0. The van der Waals surface area contributed by atoms with E-state index in [4.69, 9.17) is 5.26 Å². The van der Waals surface area contributed by atoms with Gasteiger partial charge in [0.2, 0.25) is 5.91 Å². The molecule has 0 fully saturated rings. The molecule has 4 heteroatoms. The summed E-state index contributed by atoms with van der Waals surface area (Å²) in [6.45, 7) is 5.88. The molecule has 0 radical (unpaired) electrons. The first-order valence-electron chi connectivity index (χ1n) is 4.18. The minimum atomic E-state index is -0.155. The van der Waals surface area contributed by atoms with Gasteiger partial charge in [-0.15, -0.1) is 6.58 Å². The van der Waals surface area contributed by atoms with E-state index in [0.29, 0.717) is 0 Å². The Balaban J connectivity index is 3.46. The molecule has 1 atom stereocenters. The summed E-state index contributed by atoms with van der Waals surface area (Å²) in [4.78, 5) is 11.0.